The van der Waals surface area contributed by atoms with Gasteiger partial charge in [0, 0.05) is 9.86 Å². The smallest absolute Gasteiger partial charge is 0.419 e. The Morgan fingerprint density at radius 1 is 1.27 bits per heavy atom. The fourth-order valence-electron chi connectivity index (χ4n) is 2.01. The molecule has 0 N–H and O–H groups in total. The van der Waals surface area contributed by atoms with E-state index in [1.54, 1.807) is 39.0 Å². The van der Waals surface area contributed by atoms with Crippen LogP contribution >= 0.6 is 38.5 Å². The lowest BCUT2D eigenvalue weighted by Gasteiger charge is -2.20. The molecule has 5 nitrogen and oxygen atoms in total. The molecule has 0 radical (unpaired) electrons. The van der Waals surface area contributed by atoms with E-state index in [2.05, 4.69) is 15.9 Å². The van der Waals surface area contributed by atoms with E-state index in [0.717, 1.165) is 4.47 Å². The van der Waals surface area contributed by atoms with Gasteiger partial charge in [0.15, 0.2) is 0 Å². The molecule has 0 saturated heterocycles. The predicted molar refractivity (Wildman–Crippen MR) is 95.3 cm³/mol. The molecule has 0 aliphatic carbocycles. The zero-order chi connectivity index (χ0) is 16.7. The molecule has 0 spiro atoms. The first kappa shape index (κ1) is 17.3. The van der Waals surface area contributed by atoms with Crippen LogP contribution in [0.2, 0.25) is 0 Å². The van der Waals surface area contributed by atoms with Crippen molar-refractivity contribution >= 4 is 61.5 Å². The number of methoxy groups -OCH3 is 1. The summed E-state index contributed by atoms with van der Waals surface area (Å²) in [4.78, 5) is 24.5. The monoisotopic (exact) mass is 479 g/mol. The summed E-state index contributed by atoms with van der Waals surface area (Å²) in [5.74, 6) is -0.491. The van der Waals surface area contributed by atoms with E-state index in [1.807, 2.05) is 22.6 Å². The summed E-state index contributed by atoms with van der Waals surface area (Å²) in [5.41, 5.74) is 0.324. The summed E-state index contributed by atoms with van der Waals surface area (Å²) in [6, 6.07) is 5.35. The van der Waals surface area contributed by atoms with Crippen LogP contribution in [0.3, 0.4) is 0 Å². The average Bonchev–Trinajstić information content (AvgIpc) is 2.67. The van der Waals surface area contributed by atoms with Crippen LogP contribution in [0.4, 0.5) is 4.79 Å². The van der Waals surface area contributed by atoms with Gasteiger partial charge >= 0.3 is 12.1 Å². The highest BCUT2D eigenvalue weighted by Gasteiger charge is 2.27. The second-order valence-electron chi connectivity index (χ2n) is 5.63. The minimum Gasteiger partial charge on any atom is -0.465 e. The molecule has 2 aromatic rings. The lowest BCUT2D eigenvalue weighted by Crippen LogP contribution is -2.27. The van der Waals surface area contributed by atoms with E-state index < -0.39 is 17.7 Å². The lowest BCUT2D eigenvalue weighted by molar-refractivity contribution is 0.0540. The molecule has 22 heavy (non-hydrogen) atoms. The lowest BCUT2D eigenvalue weighted by atomic mass is 10.2. The Bertz CT molecular complexity index is 761. The summed E-state index contributed by atoms with van der Waals surface area (Å²) < 4.78 is 12.9. The Labute approximate surface area is 150 Å². The van der Waals surface area contributed by atoms with Crippen LogP contribution < -0.4 is 0 Å². The van der Waals surface area contributed by atoms with Gasteiger partial charge in [-0.05, 0) is 61.6 Å². The van der Waals surface area contributed by atoms with E-state index in [4.69, 9.17) is 9.47 Å². The van der Waals surface area contributed by atoms with E-state index in [1.165, 1.54) is 11.7 Å². The van der Waals surface area contributed by atoms with E-state index >= 15 is 0 Å². The van der Waals surface area contributed by atoms with Gasteiger partial charge in [0.1, 0.15) is 9.30 Å². The second-order valence-corrected chi connectivity index (χ2v) is 7.57. The third kappa shape index (κ3) is 3.29. The number of nitrogens with zero attached hydrogens (tertiary/aromatic N) is 1. The van der Waals surface area contributed by atoms with E-state index in [-0.39, 0.29) is 0 Å². The molecule has 1 heterocycles. The van der Waals surface area contributed by atoms with Crippen LogP contribution in [0.5, 0.6) is 0 Å². The molecule has 2 rings (SSSR count). The Hall–Kier alpha value is -1.09. The van der Waals surface area contributed by atoms with Gasteiger partial charge in [-0.3, -0.25) is 0 Å². The number of halogens is 2. The number of carbonyl (C=O) groups excluding carboxylic acids is 2. The number of benzene rings is 1. The minimum absolute atomic E-state index is 0.352. The Morgan fingerprint density at radius 3 is 2.45 bits per heavy atom. The van der Waals surface area contributed by atoms with E-state index in [9.17, 15) is 9.59 Å². The van der Waals surface area contributed by atoms with Crippen LogP contribution in [0, 0.1) is 3.70 Å². The number of carbonyl (C=O) groups is 2. The fourth-order valence-corrected chi connectivity index (χ4v) is 3.34. The Balaban J connectivity index is 2.72. The highest BCUT2D eigenvalue weighted by Crippen LogP contribution is 2.31. The number of ether oxygens (including phenoxy) is 2. The van der Waals surface area contributed by atoms with Crippen molar-refractivity contribution in [1.82, 2.24) is 4.57 Å². The van der Waals surface area contributed by atoms with Crippen molar-refractivity contribution in [1.29, 1.82) is 0 Å². The molecule has 0 bridgehead atoms. The molecule has 0 atom stereocenters. The number of esters is 1. The second kappa shape index (κ2) is 6.19. The first-order valence-corrected chi connectivity index (χ1v) is 8.34. The standard InChI is InChI=1S/C15H15BrINO4/c1-15(2,3)22-14(20)18-10-6-5-8(16)7-9(10)11(12(18)17)13(19)21-4/h5-7H,1-4H3. The number of hydrogen-bond donors (Lipinski definition) is 0. The van der Waals surface area contributed by atoms with Crippen molar-refractivity contribution in [3.8, 4) is 0 Å². The van der Waals surface area contributed by atoms with Crippen molar-refractivity contribution in [3.05, 3.63) is 31.9 Å². The van der Waals surface area contributed by atoms with Gasteiger partial charge in [-0.25, -0.2) is 14.2 Å². The normalized spacial score (nSPS) is 11.5. The average molecular weight is 480 g/mol. The zero-order valence-electron chi connectivity index (χ0n) is 12.6. The molecule has 0 unspecified atom stereocenters. The molecule has 7 heteroatoms. The number of aromatic nitrogens is 1. The van der Waals surface area contributed by atoms with Gasteiger partial charge in [0.2, 0.25) is 0 Å². The SMILES string of the molecule is COC(=O)c1c(I)n(C(=O)OC(C)(C)C)c2ccc(Br)cc12. The summed E-state index contributed by atoms with van der Waals surface area (Å²) >= 11 is 5.33. The quantitative estimate of drug-likeness (QED) is 0.443. The van der Waals surface area contributed by atoms with Crippen LogP contribution in [-0.2, 0) is 9.47 Å². The number of fused-ring (bicyclic) bond motifs is 1. The molecule has 0 aliphatic rings. The first-order chi connectivity index (χ1) is 10.2. The molecule has 1 aromatic carbocycles. The fraction of sp³-hybridized carbons (Fsp3) is 0.333. The Morgan fingerprint density at radius 2 is 1.91 bits per heavy atom. The van der Waals surface area contributed by atoms with Crippen LogP contribution in [0.25, 0.3) is 10.9 Å². The van der Waals surface area contributed by atoms with Gasteiger partial charge in [-0.2, -0.15) is 0 Å². The predicted octanol–water partition coefficient (Wildman–Crippen LogP) is 4.58. The van der Waals surface area contributed by atoms with Crippen molar-refractivity contribution in [3.63, 3.8) is 0 Å². The van der Waals surface area contributed by atoms with Crippen LogP contribution in [0.1, 0.15) is 31.1 Å². The molecule has 0 fully saturated rings. The van der Waals surface area contributed by atoms with Crippen molar-refractivity contribution in [2.75, 3.05) is 7.11 Å². The summed E-state index contributed by atoms with van der Waals surface area (Å²) in [6.45, 7) is 5.38. The molecular formula is C15H15BrINO4. The maximum absolute atomic E-state index is 12.5. The summed E-state index contributed by atoms with van der Waals surface area (Å²) in [7, 11) is 1.31. The number of rotatable bonds is 1. The topological polar surface area (TPSA) is 57.5 Å². The minimum atomic E-state index is -0.627. The van der Waals surface area contributed by atoms with Gasteiger partial charge in [-0.1, -0.05) is 15.9 Å². The summed E-state index contributed by atoms with van der Waals surface area (Å²) in [6.07, 6.45) is -0.528. The highest BCUT2D eigenvalue weighted by atomic mass is 127. The van der Waals surface area contributed by atoms with E-state index in [0.29, 0.717) is 20.2 Å². The van der Waals surface area contributed by atoms with Gasteiger partial charge < -0.3 is 9.47 Å². The molecule has 0 saturated carbocycles. The first-order valence-electron chi connectivity index (χ1n) is 6.47. The van der Waals surface area contributed by atoms with Crippen LogP contribution in [0.15, 0.2) is 22.7 Å². The van der Waals surface area contributed by atoms with Gasteiger partial charge in [-0.15, -0.1) is 0 Å². The largest absolute Gasteiger partial charge is 0.465 e. The van der Waals surface area contributed by atoms with Gasteiger partial charge in [0.25, 0.3) is 0 Å². The number of hydrogen-bond acceptors (Lipinski definition) is 4. The van der Waals surface area contributed by atoms with Crippen molar-refractivity contribution < 1.29 is 19.1 Å². The zero-order valence-corrected chi connectivity index (χ0v) is 16.3. The van der Waals surface area contributed by atoms with Crippen molar-refractivity contribution in [2.45, 2.75) is 26.4 Å². The highest BCUT2D eigenvalue weighted by molar-refractivity contribution is 14.1. The molecular weight excluding hydrogens is 465 g/mol. The third-order valence-electron chi connectivity index (χ3n) is 2.84. The maximum atomic E-state index is 12.5. The third-order valence-corrected chi connectivity index (χ3v) is 4.35. The van der Waals surface area contributed by atoms with Gasteiger partial charge in [0.05, 0.1) is 18.2 Å². The van der Waals surface area contributed by atoms with Crippen molar-refractivity contribution in [2.24, 2.45) is 0 Å². The van der Waals surface area contributed by atoms with Crippen LogP contribution in [-0.4, -0.2) is 29.3 Å². The Kier molecular flexibility index (Phi) is 4.86. The molecule has 118 valence electrons. The molecule has 0 aliphatic heterocycles. The maximum Gasteiger partial charge on any atom is 0.419 e. The molecule has 0 amide bonds. The summed E-state index contributed by atoms with van der Waals surface area (Å²) in [5, 5.41) is 0.636. The molecule has 1 aromatic heterocycles.